The standard InChI is InChI=1S/C10H15BrO2/c1-5-13-10(12)8(4)9(11)6-7(2)3/h8H,5H2,1-4H3. The molecule has 0 spiro atoms. The Bertz CT molecular complexity index is 246. The monoisotopic (exact) mass is 246 g/mol. The lowest BCUT2D eigenvalue weighted by Gasteiger charge is -2.07. The number of carbonyl (C=O) groups excluding carboxylic acids is 1. The second-order valence-corrected chi connectivity index (χ2v) is 3.80. The van der Waals surface area contributed by atoms with Crippen molar-refractivity contribution in [1.29, 1.82) is 0 Å². The number of esters is 1. The van der Waals surface area contributed by atoms with Gasteiger partial charge in [0.25, 0.3) is 0 Å². The van der Waals surface area contributed by atoms with Crippen molar-refractivity contribution in [2.45, 2.75) is 27.7 Å². The maximum atomic E-state index is 11.2. The van der Waals surface area contributed by atoms with Gasteiger partial charge in [-0.1, -0.05) is 0 Å². The van der Waals surface area contributed by atoms with Crippen LogP contribution in [0.1, 0.15) is 27.7 Å². The van der Waals surface area contributed by atoms with Crippen LogP contribution in [0.5, 0.6) is 0 Å². The Morgan fingerprint density at radius 1 is 1.54 bits per heavy atom. The van der Waals surface area contributed by atoms with Gasteiger partial charge in [0.05, 0.1) is 17.0 Å². The first-order valence-corrected chi connectivity index (χ1v) is 5.04. The summed E-state index contributed by atoms with van der Waals surface area (Å²) in [6, 6.07) is 0. The van der Waals surface area contributed by atoms with Gasteiger partial charge in [-0.15, -0.1) is 5.73 Å². The zero-order valence-electron chi connectivity index (χ0n) is 8.48. The average molecular weight is 247 g/mol. The molecule has 0 bridgehead atoms. The molecule has 0 aromatic heterocycles. The summed E-state index contributed by atoms with van der Waals surface area (Å²) in [5.41, 5.74) is 4.06. The Kier molecular flexibility index (Phi) is 5.76. The third-order valence-corrected chi connectivity index (χ3v) is 2.27. The van der Waals surface area contributed by atoms with Crippen LogP contribution in [0, 0.1) is 5.92 Å². The minimum absolute atomic E-state index is 0.219. The second kappa shape index (κ2) is 6.01. The summed E-state index contributed by atoms with van der Waals surface area (Å²) in [5, 5.41) is 0. The Hall–Kier alpha value is -0.530. The third-order valence-electron chi connectivity index (χ3n) is 1.39. The van der Waals surface area contributed by atoms with Gasteiger partial charge in [-0.3, -0.25) is 4.79 Å². The van der Waals surface area contributed by atoms with Gasteiger partial charge in [-0.2, -0.15) is 0 Å². The molecule has 1 atom stereocenters. The van der Waals surface area contributed by atoms with Crippen molar-refractivity contribution in [2.24, 2.45) is 5.92 Å². The highest BCUT2D eigenvalue weighted by atomic mass is 79.9. The van der Waals surface area contributed by atoms with Crippen molar-refractivity contribution in [1.82, 2.24) is 0 Å². The number of hydrogen-bond donors (Lipinski definition) is 0. The molecule has 0 N–H and O–H groups in total. The number of carbonyl (C=O) groups is 1. The SMILES string of the molecule is CCOC(=O)C(C)C(Br)=C=C(C)C. The summed E-state index contributed by atoms with van der Waals surface area (Å²) in [4.78, 5) is 11.2. The maximum Gasteiger partial charge on any atom is 0.314 e. The van der Waals surface area contributed by atoms with Crippen LogP contribution < -0.4 is 0 Å². The first kappa shape index (κ1) is 12.5. The molecule has 0 heterocycles. The van der Waals surface area contributed by atoms with Crippen LogP contribution >= 0.6 is 15.9 Å². The fourth-order valence-electron chi connectivity index (χ4n) is 0.718. The van der Waals surface area contributed by atoms with E-state index >= 15 is 0 Å². The summed E-state index contributed by atoms with van der Waals surface area (Å²) in [5.74, 6) is -0.488. The van der Waals surface area contributed by atoms with Crippen molar-refractivity contribution in [3.63, 3.8) is 0 Å². The summed E-state index contributed by atoms with van der Waals surface area (Å²) in [6.45, 7) is 7.86. The van der Waals surface area contributed by atoms with Crippen molar-refractivity contribution < 1.29 is 9.53 Å². The predicted molar refractivity (Wildman–Crippen MR) is 56.6 cm³/mol. The average Bonchev–Trinajstić information content (AvgIpc) is 2.02. The van der Waals surface area contributed by atoms with Gasteiger partial charge in [0.2, 0.25) is 0 Å². The minimum Gasteiger partial charge on any atom is -0.465 e. The van der Waals surface area contributed by atoms with Crippen LogP contribution in [-0.2, 0) is 9.53 Å². The molecule has 0 saturated carbocycles. The summed E-state index contributed by atoms with van der Waals surface area (Å²) < 4.78 is 5.61. The summed E-state index contributed by atoms with van der Waals surface area (Å²) in [6.07, 6.45) is 0. The fraction of sp³-hybridized carbons (Fsp3) is 0.600. The number of rotatable bonds is 3. The molecule has 0 saturated heterocycles. The molecule has 0 aliphatic rings. The predicted octanol–water partition coefficient (Wildman–Crippen LogP) is 3.03. The van der Waals surface area contributed by atoms with Crippen molar-refractivity contribution in [3.8, 4) is 0 Å². The lowest BCUT2D eigenvalue weighted by Crippen LogP contribution is -2.14. The van der Waals surface area contributed by atoms with E-state index in [1.807, 2.05) is 13.8 Å². The molecule has 0 rings (SSSR count). The lowest BCUT2D eigenvalue weighted by atomic mass is 10.1. The van der Waals surface area contributed by atoms with Crippen LogP contribution in [0.2, 0.25) is 0 Å². The molecule has 0 aliphatic heterocycles. The number of hydrogen-bond acceptors (Lipinski definition) is 2. The van der Waals surface area contributed by atoms with Crippen LogP contribution in [-0.4, -0.2) is 12.6 Å². The van der Waals surface area contributed by atoms with Gasteiger partial charge < -0.3 is 4.74 Å². The van der Waals surface area contributed by atoms with E-state index in [1.165, 1.54) is 0 Å². The highest BCUT2D eigenvalue weighted by Crippen LogP contribution is 2.18. The van der Waals surface area contributed by atoms with E-state index in [-0.39, 0.29) is 11.9 Å². The van der Waals surface area contributed by atoms with E-state index < -0.39 is 0 Å². The normalized spacial score (nSPS) is 11.5. The molecule has 0 aromatic rings. The quantitative estimate of drug-likeness (QED) is 0.566. The van der Waals surface area contributed by atoms with Gasteiger partial charge in [-0.25, -0.2) is 0 Å². The highest BCUT2D eigenvalue weighted by Gasteiger charge is 2.16. The van der Waals surface area contributed by atoms with E-state index in [1.54, 1.807) is 13.8 Å². The molecule has 0 aliphatic carbocycles. The van der Waals surface area contributed by atoms with Gasteiger partial charge in [0.15, 0.2) is 0 Å². The zero-order valence-corrected chi connectivity index (χ0v) is 10.1. The molecule has 13 heavy (non-hydrogen) atoms. The fourth-order valence-corrected chi connectivity index (χ4v) is 1.30. The topological polar surface area (TPSA) is 26.3 Å². The van der Waals surface area contributed by atoms with Crippen molar-refractivity contribution in [2.75, 3.05) is 6.61 Å². The second-order valence-electron chi connectivity index (χ2n) is 2.95. The van der Waals surface area contributed by atoms with Crippen molar-refractivity contribution >= 4 is 21.9 Å². The van der Waals surface area contributed by atoms with E-state index in [4.69, 9.17) is 4.74 Å². The Morgan fingerprint density at radius 3 is 2.46 bits per heavy atom. The molecular weight excluding hydrogens is 232 g/mol. The number of halogens is 1. The molecular formula is C10H15BrO2. The molecule has 0 amide bonds. The van der Waals surface area contributed by atoms with E-state index in [0.717, 1.165) is 10.1 Å². The molecule has 0 aromatic carbocycles. The molecule has 1 unspecified atom stereocenters. The van der Waals surface area contributed by atoms with E-state index in [2.05, 4.69) is 21.7 Å². The molecule has 3 heteroatoms. The largest absolute Gasteiger partial charge is 0.465 e. The first-order valence-electron chi connectivity index (χ1n) is 4.25. The number of ether oxygens (including phenoxy) is 1. The van der Waals surface area contributed by atoms with Crippen LogP contribution in [0.25, 0.3) is 0 Å². The van der Waals surface area contributed by atoms with Gasteiger partial charge in [-0.05, 0) is 49.2 Å². The van der Waals surface area contributed by atoms with Crippen molar-refractivity contribution in [3.05, 3.63) is 15.8 Å². The van der Waals surface area contributed by atoms with E-state index in [9.17, 15) is 4.79 Å². The van der Waals surface area contributed by atoms with Gasteiger partial charge in [0.1, 0.15) is 0 Å². The van der Waals surface area contributed by atoms with E-state index in [0.29, 0.717) is 6.61 Å². The Labute approximate surface area is 87.8 Å². The Morgan fingerprint density at radius 2 is 2.08 bits per heavy atom. The Balaban J connectivity index is 4.52. The van der Waals surface area contributed by atoms with Gasteiger partial charge in [0, 0.05) is 0 Å². The van der Waals surface area contributed by atoms with Gasteiger partial charge >= 0.3 is 5.97 Å². The smallest absolute Gasteiger partial charge is 0.314 e. The summed E-state index contributed by atoms with van der Waals surface area (Å²) >= 11 is 3.30. The highest BCUT2D eigenvalue weighted by molar-refractivity contribution is 9.11. The minimum atomic E-state index is -0.269. The third kappa shape index (κ3) is 4.91. The van der Waals surface area contributed by atoms with Crippen LogP contribution in [0.15, 0.2) is 15.8 Å². The lowest BCUT2D eigenvalue weighted by molar-refractivity contribution is -0.145. The summed E-state index contributed by atoms with van der Waals surface area (Å²) in [7, 11) is 0. The molecule has 0 fully saturated rings. The van der Waals surface area contributed by atoms with Crippen LogP contribution in [0.3, 0.4) is 0 Å². The molecule has 74 valence electrons. The first-order chi connectivity index (χ1) is 5.99. The molecule has 2 nitrogen and oxygen atoms in total. The maximum absolute atomic E-state index is 11.2. The molecule has 0 radical (unpaired) electrons. The van der Waals surface area contributed by atoms with Crippen LogP contribution in [0.4, 0.5) is 0 Å². The zero-order chi connectivity index (χ0) is 10.4.